The fourth-order valence-corrected chi connectivity index (χ4v) is 4.07. The van der Waals surface area contributed by atoms with E-state index in [0.29, 0.717) is 0 Å². The molecule has 4 atom stereocenters. The molecule has 0 spiro atoms. The highest BCUT2D eigenvalue weighted by Crippen LogP contribution is 2.59. The van der Waals surface area contributed by atoms with Crippen LogP contribution in [0.3, 0.4) is 0 Å². The van der Waals surface area contributed by atoms with Crippen molar-refractivity contribution in [3.8, 4) is 0 Å². The van der Waals surface area contributed by atoms with Gasteiger partial charge in [-0.3, -0.25) is 4.52 Å². The summed E-state index contributed by atoms with van der Waals surface area (Å²) < 4.78 is 35.8. The van der Waals surface area contributed by atoms with Gasteiger partial charge in [0.1, 0.15) is 16.8 Å². The Kier molecular flexibility index (Phi) is 4.88. The van der Waals surface area contributed by atoms with Crippen LogP contribution in [0.2, 0.25) is 0 Å². The van der Waals surface area contributed by atoms with Gasteiger partial charge in [-0.05, 0) is 34.6 Å². The van der Waals surface area contributed by atoms with Gasteiger partial charge in [0, 0.05) is 0 Å². The lowest BCUT2D eigenvalue weighted by Gasteiger charge is -2.41. The van der Waals surface area contributed by atoms with Crippen molar-refractivity contribution in [1.82, 2.24) is 0 Å². The van der Waals surface area contributed by atoms with E-state index in [-0.39, 0.29) is 0 Å². The molecule has 1 aliphatic rings. The topological polar surface area (TPSA) is 163 Å². The predicted octanol–water partition coefficient (Wildman–Crippen LogP) is 0.282. The van der Waals surface area contributed by atoms with Crippen molar-refractivity contribution in [3.63, 3.8) is 0 Å². The van der Waals surface area contributed by atoms with Crippen molar-refractivity contribution < 1.29 is 47.6 Å². The average molecular weight is 364 g/mol. The molecular weight excluding hydrogens is 342 g/mol. The maximum atomic E-state index is 11.5. The first-order chi connectivity index (χ1) is 9.37. The predicted molar refractivity (Wildman–Crippen MR) is 73.7 cm³/mol. The Labute approximate surface area is 127 Å². The van der Waals surface area contributed by atoms with Crippen LogP contribution in [0.4, 0.5) is 0 Å². The molecule has 0 aliphatic carbocycles. The number of hydrogen-bond acceptors (Lipinski definition) is 7. The van der Waals surface area contributed by atoms with Gasteiger partial charge >= 0.3 is 15.6 Å². The average Bonchev–Trinajstić information content (AvgIpc) is 2.30. The molecule has 1 heterocycles. The third-order valence-electron chi connectivity index (χ3n) is 4.34. The fraction of sp³-hybridized carbons (Fsp3) is 1.00. The van der Waals surface area contributed by atoms with E-state index in [1.54, 1.807) is 0 Å². The zero-order chi connectivity index (χ0) is 17.8. The Bertz CT molecular complexity index is 536. The Morgan fingerprint density at radius 1 is 0.955 bits per heavy atom. The lowest BCUT2D eigenvalue weighted by Crippen LogP contribution is -2.62. The lowest BCUT2D eigenvalue weighted by atomic mass is 9.71. The van der Waals surface area contributed by atoms with Gasteiger partial charge in [-0.15, -0.1) is 0 Å². The van der Waals surface area contributed by atoms with E-state index in [2.05, 4.69) is 8.83 Å². The maximum absolute atomic E-state index is 11.5. The third-order valence-corrected chi connectivity index (χ3v) is 6.47. The molecular formula is C10H22O10P2. The van der Waals surface area contributed by atoms with Gasteiger partial charge < -0.3 is 29.6 Å². The molecule has 0 amide bonds. The van der Waals surface area contributed by atoms with Crippen LogP contribution in [0.5, 0.6) is 0 Å². The minimum atomic E-state index is -5.24. The van der Waals surface area contributed by atoms with Gasteiger partial charge in [0.25, 0.3) is 0 Å². The smallest absolute Gasteiger partial charge is 0.384 e. The fourth-order valence-electron chi connectivity index (χ4n) is 2.40. The monoisotopic (exact) mass is 364 g/mol. The van der Waals surface area contributed by atoms with E-state index in [4.69, 9.17) is 14.5 Å². The second-order valence-electron chi connectivity index (χ2n) is 6.30. The third kappa shape index (κ3) is 3.47. The summed E-state index contributed by atoms with van der Waals surface area (Å²) in [5, 5.41) is 21.1. The first-order valence-corrected chi connectivity index (χ1v) is 9.29. The summed E-state index contributed by atoms with van der Waals surface area (Å²) in [6, 6.07) is 0. The van der Waals surface area contributed by atoms with E-state index in [1.165, 1.54) is 34.6 Å². The van der Waals surface area contributed by atoms with Crippen LogP contribution in [-0.2, 0) is 22.7 Å². The molecule has 5 N–H and O–H groups in total. The SMILES string of the molecule is CC1(C)O[C@](C)(COP(=O)(O)OP(=O)(O)O)[C@](C)(O)C1(C)O. The molecule has 1 fully saturated rings. The zero-order valence-electron chi connectivity index (χ0n) is 12.9. The minimum Gasteiger partial charge on any atom is -0.384 e. The van der Waals surface area contributed by atoms with Gasteiger partial charge in [0.2, 0.25) is 0 Å². The summed E-state index contributed by atoms with van der Waals surface area (Å²) in [5.74, 6) is 0. The molecule has 0 bridgehead atoms. The molecule has 0 aromatic heterocycles. The second-order valence-corrected chi connectivity index (χ2v) is 9.13. The molecule has 22 heavy (non-hydrogen) atoms. The van der Waals surface area contributed by atoms with Crippen LogP contribution in [0.15, 0.2) is 0 Å². The zero-order valence-corrected chi connectivity index (χ0v) is 14.7. The van der Waals surface area contributed by atoms with Crippen molar-refractivity contribution >= 4 is 15.6 Å². The number of phosphoric ester groups is 1. The molecule has 0 aromatic rings. The van der Waals surface area contributed by atoms with Crippen molar-refractivity contribution in [2.24, 2.45) is 0 Å². The van der Waals surface area contributed by atoms with Crippen molar-refractivity contribution in [1.29, 1.82) is 0 Å². The quantitative estimate of drug-likeness (QED) is 0.428. The molecule has 12 heteroatoms. The molecule has 1 aliphatic heterocycles. The molecule has 0 radical (unpaired) electrons. The molecule has 132 valence electrons. The lowest BCUT2D eigenvalue weighted by molar-refractivity contribution is -0.160. The molecule has 0 saturated carbocycles. The maximum Gasteiger partial charge on any atom is 0.481 e. The van der Waals surface area contributed by atoms with Gasteiger partial charge in [0.15, 0.2) is 0 Å². The molecule has 1 saturated heterocycles. The molecule has 2 unspecified atom stereocenters. The molecule has 10 nitrogen and oxygen atoms in total. The van der Waals surface area contributed by atoms with E-state index in [0.717, 1.165) is 0 Å². The number of hydrogen-bond donors (Lipinski definition) is 5. The number of rotatable bonds is 5. The van der Waals surface area contributed by atoms with Crippen LogP contribution < -0.4 is 0 Å². The normalized spacial score (nSPS) is 41.4. The Morgan fingerprint density at radius 2 is 1.41 bits per heavy atom. The standard InChI is InChI=1S/C10H22O10P2/c1-7(2)9(4,11)10(5,12)8(3,19-7)6-18-22(16,17)20-21(13,14)15/h11-12H,6H2,1-5H3,(H,16,17)(H2,13,14,15)/t8-,9?,10+/m1/s1. The van der Waals surface area contributed by atoms with E-state index in [1.807, 2.05) is 0 Å². The van der Waals surface area contributed by atoms with Crippen LogP contribution in [0, 0.1) is 0 Å². The highest BCUT2D eigenvalue weighted by atomic mass is 31.3. The van der Waals surface area contributed by atoms with Crippen molar-refractivity contribution in [2.75, 3.05) is 6.61 Å². The first kappa shape index (κ1) is 20.2. The van der Waals surface area contributed by atoms with Crippen molar-refractivity contribution in [2.45, 2.75) is 57.0 Å². The van der Waals surface area contributed by atoms with E-state index >= 15 is 0 Å². The first-order valence-electron chi connectivity index (χ1n) is 6.26. The largest absolute Gasteiger partial charge is 0.481 e. The number of phosphoric acid groups is 2. The van der Waals surface area contributed by atoms with Gasteiger partial charge in [-0.25, -0.2) is 9.13 Å². The summed E-state index contributed by atoms with van der Waals surface area (Å²) in [4.78, 5) is 26.3. The number of ether oxygens (including phenoxy) is 1. The summed E-state index contributed by atoms with van der Waals surface area (Å²) in [6.45, 7) is 6.19. The van der Waals surface area contributed by atoms with Crippen LogP contribution in [0.25, 0.3) is 0 Å². The Morgan fingerprint density at radius 3 is 1.73 bits per heavy atom. The minimum absolute atomic E-state index is 0.757. The Balaban J connectivity index is 2.99. The Hall–Kier alpha value is 0.140. The van der Waals surface area contributed by atoms with Gasteiger partial charge in [-0.2, -0.15) is 4.31 Å². The number of aliphatic hydroxyl groups is 2. The summed E-state index contributed by atoms with van der Waals surface area (Å²) >= 11 is 0. The summed E-state index contributed by atoms with van der Waals surface area (Å²) in [5.41, 5.74) is -6.50. The van der Waals surface area contributed by atoms with Crippen LogP contribution in [-0.4, -0.2) is 53.9 Å². The summed E-state index contributed by atoms with van der Waals surface area (Å²) in [7, 11) is -10.3. The summed E-state index contributed by atoms with van der Waals surface area (Å²) in [6.07, 6.45) is 0. The second kappa shape index (κ2) is 5.32. The molecule has 0 aromatic carbocycles. The van der Waals surface area contributed by atoms with Crippen LogP contribution in [0.1, 0.15) is 34.6 Å². The van der Waals surface area contributed by atoms with Crippen LogP contribution >= 0.6 is 15.6 Å². The van der Waals surface area contributed by atoms with Crippen molar-refractivity contribution in [3.05, 3.63) is 0 Å². The van der Waals surface area contributed by atoms with E-state index < -0.39 is 44.7 Å². The highest BCUT2D eigenvalue weighted by Gasteiger charge is 2.70. The van der Waals surface area contributed by atoms with Gasteiger partial charge in [-0.1, -0.05) is 0 Å². The van der Waals surface area contributed by atoms with Gasteiger partial charge in [0.05, 0.1) is 12.2 Å². The van der Waals surface area contributed by atoms with E-state index in [9.17, 15) is 24.2 Å². The highest BCUT2D eigenvalue weighted by molar-refractivity contribution is 7.60. The molecule has 1 rings (SSSR count).